The number of carbonyl (C=O) groups is 2. The Balaban J connectivity index is 1.36. The van der Waals surface area contributed by atoms with Crippen molar-refractivity contribution in [1.29, 1.82) is 0 Å². The van der Waals surface area contributed by atoms with E-state index < -0.39 is 11.6 Å². The van der Waals surface area contributed by atoms with Gasteiger partial charge < -0.3 is 10.1 Å². The van der Waals surface area contributed by atoms with E-state index in [1.54, 1.807) is 4.90 Å². The Labute approximate surface area is 167 Å². The minimum Gasteiger partial charge on any atom is -0.445 e. The van der Waals surface area contributed by atoms with Gasteiger partial charge in [0.2, 0.25) is 5.91 Å². The number of fused-ring (bicyclic) bond motifs is 2. The van der Waals surface area contributed by atoms with Crippen LogP contribution in [0.3, 0.4) is 0 Å². The summed E-state index contributed by atoms with van der Waals surface area (Å²) in [5.74, 6) is 2.19. The summed E-state index contributed by atoms with van der Waals surface area (Å²) in [7, 11) is 0. The Morgan fingerprint density at radius 3 is 2.71 bits per heavy atom. The van der Waals surface area contributed by atoms with Crippen LogP contribution < -0.4 is 5.32 Å². The summed E-state index contributed by atoms with van der Waals surface area (Å²) in [6.07, 6.45) is 6.36. The highest BCUT2D eigenvalue weighted by Gasteiger charge is 2.48. The van der Waals surface area contributed by atoms with Crippen molar-refractivity contribution in [2.45, 2.75) is 70.6 Å². The SMILES string of the molecule is CC(NC(=O)C1(C)CCCN1C(=O)OCc1ccccc1)C1CC2CCC1C2. The molecule has 2 amide bonds. The molecule has 152 valence electrons. The zero-order valence-electron chi connectivity index (χ0n) is 17.0. The van der Waals surface area contributed by atoms with E-state index in [-0.39, 0.29) is 18.6 Å². The molecule has 1 aromatic rings. The van der Waals surface area contributed by atoms with Gasteiger partial charge in [0.1, 0.15) is 12.1 Å². The molecule has 2 aliphatic carbocycles. The van der Waals surface area contributed by atoms with Crippen LogP contribution in [0.4, 0.5) is 4.79 Å². The molecule has 0 spiro atoms. The molecule has 1 aliphatic heterocycles. The molecule has 1 heterocycles. The highest BCUT2D eigenvalue weighted by Crippen LogP contribution is 2.49. The number of ether oxygens (including phenoxy) is 1. The van der Waals surface area contributed by atoms with Crippen molar-refractivity contribution in [2.24, 2.45) is 17.8 Å². The summed E-state index contributed by atoms with van der Waals surface area (Å²) in [5.41, 5.74) is 0.130. The molecule has 28 heavy (non-hydrogen) atoms. The number of benzene rings is 1. The first-order valence-corrected chi connectivity index (χ1v) is 10.8. The number of hydrogen-bond acceptors (Lipinski definition) is 3. The fourth-order valence-corrected chi connectivity index (χ4v) is 5.66. The molecular weight excluding hydrogens is 352 g/mol. The average molecular weight is 385 g/mol. The zero-order valence-corrected chi connectivity index (χ0v) is 17.0. The van der Waals surface area contributed by atoms with Crippen molar-refractivity contribution in [3.05, 3.63) is 35.9 Å². The van der Waals surface area contributed by atoms with Crippen molar-refractivity contribution in [3.63, 3.8) is 0 Å². The second-order valence-corrected chi connectivity index (χ2v) is 9.17. The monoisotopic (exact) mass is 384 g/mol. The van der Waals surface area contributed by atoms with Crippen LogP contribution in [0.25, 0.3) is 0 Å². The van der Waals surface area contributed by atoms with E-state index in [1.165, 1.54) is 25.7 Å². The number of nitrogens with one attached hydrogen (secondary N) is 1. The lowest BCUT2D eigenvalue weighted by Crippen LogP contribution is -2.58. The first-order valence-electron chi connectivity index (χ1n) is 10.8. The van der Waals surface area contributed by atoms with Gasteiger partial charge in [-0.1, -0.05) is 36.8 Å². The van der Waals surface area contributed by atoms with Crippen LogP contribution in [0.2, 0.25) is 0 Å². The molecule has 0 radical (unpaired) electrons. The summed E-state index contributed by atoms with van der Waals surface area (Å²) in [4.78, 5) is 27.5. The third-order valence-corrected chi connectivity index (χ3v) is 7.35. The van der Waals surface area contributed by atoms with Crippen LogP contribution in [0.1, 0.15) is 57.9 Å². The van der Waals surface area contributed by atoms with Crippen LogP contribution in [0.15, 0.2) is 30.3 Å². The Bertz CT molecular complexity index is 722. The predicted octanol–water partition coefficient (Wildman–Crippen LogP) is 4.12. The molecular formula is C23H32N2O3. The van der Waals surface area contributed by atoms with E-state index in [0.29, 0.717) is 18.9 Å². The first-order chi connectivity index (χ1) is 13.5. The molecule has 1 saturated heterocycles. The van der Waals surface area contributed by atoms with Gasteiger partial charge in [0.05, 0.1) is 0 Å². The summed E-state index contributed by atoms with van der Waals surface area (Å²) in [6, 6.07) is 9.81. The van der Waals surface area contributed by atoms with E-state index in [2.05, 4.69) is 12.2 Å². The Morgan fingerprint density at radius 2 is 2.04 bits per heavy atom. The quantitative estimate of drug-likeness (QED) is 0.831. The predicted molar refractivity (Wildman–Crippen MR) is 108 cm³/mol. The lowest BCUT2D eigenvalue weighted by Gasteiger charge is -2.36. The van der Waals surface area contributed by atoms with Crippen LogP contribution in [-0.4, -0.2) is 35.0 Å². The molecule has 5 unspecified atom stereocenters. The van der Waals surface area contributed by atoms with Gasteiger partial charge in [0, 0.05) is 12.6 Å². The number of amides is 2. The molecule has 2 bridgehead atoms. The molecule has 4 rings (SSSR count). The Morgan fingerprint density at radius 1 is 1.25 bits per heavy atom. The van der Waals surface area contributed by atoms with Crippen molar-refractivity contribution >= 4 is 12.0 Å². The van der Waals surface area contributed by atoms with Crippen LogP contribution in [0.5, 0.6) is 0 Å². The minimum absolute atomic E-state index is 0.0306. The lowest BCUT2D eigenvalue weighted by molar-refractivity contribution is -0.131. The minimum atomic E-state index is -0.820. The largest absolute Gasteiger partial charge is 0.445 e. The van der Waals surface area contributed by atoms with Gasteiger partial charge in [0.15, 0.2) is 0 Å². The summed E-state index contributed by atoms with van der Waals surface area (Å²) in [6.45, 7) is 4.82. The van der Waals surface area contributed by atoms with Crippen LogP contribution in [-0.2, 0) is 16.1 Å². The number of rotatable bonds is 5. The maximum Gasteiger partial charge on any atom is 0.410 e. The summed E-state index contributed by atoms with van der Waals surface area (Å²) in [5, 5.41) is 3.26. The van der Waals surface area contributed by atoms with Gasteiger partial charge in [0.25, 0.3) is 0 Å². The molecule has 5 nitrogen and oxygen atoms in total. The lowest BCUT2D eigenvalue weighted by atomic mass is 9.83. The molecule has 0 aromatic heterocycles. The third-order valence-electron chi connectivity index (χ3n) is 7.35. The number of hydrogen-bond donors (Lipinski definition) is 1. The number of carbonyl (C=O) groups excluding carboxylic acids is 2. The van der Waals surface area contributed by atoms with E-state index in [4.69, 9.17) is 4.74 Å². The van der Waals surface area contributed by atoms with Crippen molar-refractivity contribution in [1.82, 2.24) is 10.2 Å². The van der Waals surface area contributed by atoms with E-state index >= 15 is 0 Å². The van der Waals surface area contributed by atoms with Crippen molar-refractivity contribution in [2.75, 3.05) is 6.54 Å². The normalized spacial score (nSPS) is 32.4. The second-order valence-electron chi connectivity index (χ2n) is 9.17. The third kappa shape index (κ3) is 3.63. The number of likely N-dealkylation sites (tertiary alicyclic amines) is 1. The summed E-state index contributed by atoms with van der Waals surface area (Å²) < 4.78 is 5.51. The maximum atomic E-state index is 13.2. The molecule has 5 heteroatoms. The fourth-order valence-electron chi connectivity index (χ4n) is 5.66. The number of nitrogens with zero attached hydrogens (tertiary/aromatic N) is 1. The smallest absolute Gasteiger partial charge is 0.410 e. The summed E-state index contributed by atoms with van der Waals surface area (Å²) >= 11 is 0. The van der Waals surface area contributed by atoms with E-state index in [9.17, 15) is 9.59 Å². The topological polar surface area (TPSA) is 58.6 Å². The van der Waals surface area contributed by atoms with Crippen molar-refractivity contribution in [3.8, 4) is 0 Å². The standard InChI is InChI=1S/C23H32N2O3/c1-16(20-14-18-9-10-19(20)13-18)24-21(26)23(2)11-6-12-25(23)22(27)28-15-17-7-4-3-5-8-17/h3-5,7-8,16,18-20H,6,9-15H2,1-2H3,(H,24,26). The molecule has 3 aliphatic rings. The maximum absolute atomic E-state index is 13.2. The molecule has 3 fully saturated rings. The molecule has 1 N–H and O–H groups in total. The van der Waals surface area contributed by atoms with Crippen LogP contribution in [0, 0.1) is 17.8 Å². The first kappa shape index (κ1) is 19.3. The zero-order chi connectivity index (χ0) is 19.7. The van der Waals surface area contributed by atoms with E-state index in [1.807, 2.05) is 37.3 Å². The fraction of sp³-hybridized carbons (Fsp3) is 0.652. The van der Waals surface area contributed by atoms with Gasteiger partial charge in [-0.3, -0.25) is 9.69 Å². The molecule has 2 saturated carbocycles. The van der Waals surface area contributed by atoms with Gasteiger partial charge in [-0.15, -0.1) is 0 Å². The van der Waals surface area contributed by atoms with Gasteiger partial charge in [-0.2, -0.15) is 0 Å². The van der Waals surface area contributed by atoms with Crippen molar-refractivity contribution < 1.29 is 14.3 Å². The molecule has 5 atom stereocenters. The van der Waals surface area contributed by atoms with Gasteiger partial charge >= 0.3 is 6.09 Å². The average Bonchev–Trinajstić information content (AvgIpc) is 3.43. The highest BCUT2D eigenvalue weighted by molar-refractivity contribution is 5.90. The van der Waals surface area contributed by atoms with Crippen LogP contribution >= 0.6 is 0 Å². The van der Waals surface area contributed by atoms with Gasteiger partial charge in [-0.05, 0) is 69.3 Å². The highest BCUT2D eigenvalue weighted by atomic mass is 16.6. The van der Waals surface area contributed by atoms with E-state index in [0.717, 1.165) is 23.8 Å². The second kappa shape index (κ2) is 7.76. The molecule has 1 aromatic carbocycles. The Kier molecular flexibility index (Phi) is 5.35. The van der Waals surface area contributed by atoms with Gasteiger partial charge in [-0.25, -0.2) is 4.79 Å². The Hall–Kier alpha value is -2.04.